The summed E-state index contributed by atoms with van der Waals surface area (Å²) in [4.78, 5) is 2.09. The van der Waals surface area contributed by atoms with Gasteiger partial charge >= 0.3 is 0 Å². The van der Waals surface area contributed by atoms with Crippen molar-refractivity contribution >= 4 is 5.69 Å². The van der Waals surface area contributed by atoms with Crippen LogP contribution < -0.4 is 10.2 Å². The van der Waals surface area contributed by atoms with Crippen LogP contribution in [0.1, 0.15) is 32.6 Å². The Bertz CT molecular complexity index is 375. The molecule has 1 aromatic carbocycles. The van der Waals surface area contributed by atoms with Gasteiger partial charge in [0.1, 0.15) is 5.82 Å². The molecular weight excluding hydrogens is 239 g/mol. The molecule has 0 aromatic heterocycles. The number of nitrogens with one attached hydrogen (secondary N) is 1. The summed E-state index contributed by atoms with van der Waals surface area (Å²) < 4.78 is 13.7. The third-order valence-electron chi connectivity index (χ3n) is 4.04. The Labute approximate surface area is 116 Å². The Balaban J connectivity index is 1.74. The summed E-state index contributed by atoms with van der Waals surface area (Å²) in [6, 6.07) is 7.03. The van der Waals surface area contributed by atoms with Gasteiger partial charge in [-0.1, -0.05) is 25.0 Å². The average Bonchev–Trinajstić information content (AvgIpc) is 2.93. The fourth-order valence-electron chi connectivity index (χ4n) is 2.89. The fraction of sp³-hybridized carbons (Fsp3) is 0.625. The minimum atomic E-state index is -0.125. The van der Waals surface area contributed by atoms with Gasteiger partial charge in [0, 0.05) is 19.6 Å². The van der Waals surface area contributed by atoms with E-state index in [2.05, 4.69) is 17.1 Å². The lowest BCUT2D eigenvalue weighted by molar-refractivity contribution is 0.490. The molecule has 0 saturated heterocycles. The Morgan fingerprint density at radius 3 is 2.68 bits per heavy atom. The molecule has 0 radical (unpaired) electrons. The summed E-state index contributed by atoms with van der Waals surface area (Å²) in [5.41, 5.74) is 0.715. The molecule has 1 N–H and O–H groups in total. The first-order valence-electron chi connectivity index (χ1n) is 7.51. The molecule has 1 aliphatic rings. The summed E-state index contributed by atoms with van der Waals surface area (Å²) in [6.45, 7) is 5.83. The number of anilines is 1. The van der Waals surface area contributed by atoms with Crippen LogP contribution in [0.5, 0.6) is 0 Å². The van der Waals surface area contributed by atoms with Crippen molar-refractivity contribution in [3.8, 4) is 0 Å². The van der Waals surface area contributed by atoms with Crippen LogP contribution in [0, 0.1) is 11.7 Å². The highest BCUT2D eigenvalue weighted by molar-refractivity contribution is 5.47. The second-order valence-electron chi connectivity index (χ2n) is 5.39. The predicted octanol–water partition coefficient (Wildman–Crippen LogP) is 3.43. The summed E-state index contributed by atoms with van der Waals surface area (Å²) >= 11 is 0. The molecule has 0 unspecified atom stereocenters. The lowest BCUT2D eigenvalue weighted by Gasteiger charge is -2.24. The van der Waals surface area contributed by atoms with E-state index in [1.54, 1.807) is 6.07 Å². The summed E-state index contributed by atoms with van der Waals surface area (Å²) in [7, 11) is 0. The third-order valence-corrected chi connectivity index (χ3v) is 4.04. The van der Waals surface area contributed by atoms with Gasteiger partial charge < -0.3 is 10.2 Å². The first kappa shape index (κ1) is 14.3. The summed E-state index contributed by atoms with van der Waals surface area (Å²) in [5.74, 6) is 0.740. The van der Waals surface area contributed by atoms with Gasteiger partial charge in [-0.3, -0.25) is 0 Å². The zero-order valence-electron chi connectivity index (χ0n) is 11.9. The van der Waals surface area contributed by atoms with Crippen molar-refractivity contribution in [3.63, 3.8) is 0 Å². The van der Waals surface area contributed by atoms with Gasteiger partial charge in [0.05, 0.1) is 5.69 Å². The second kappa shape index (κ2) is 7.49. The molecule has 0 atom stereocenters. The van der Waals surface area contributed by atoms with E-state index in [4.69, 9.17) is 0 Å². The standard InChI is InChI=1S/C16H25FN2/c1-2-19(16-10-6-5-9-15(16)17)12-11-18-13-14-7-3-4-8-14/h5-6,9-10,14,18H,2-4,7-8,11-13H2,1H3. The van der Waals surface area contributed by atoms with Gasteiger partial charge in [-0.2, -0.15) is 0 Å². The molecule has 2 rings (SSSR count). The van der Waals surface area contributed by atoms with E-state index in [0.717, 1.165) is 32.1 Å². The number of hydrogen-bond acceptors (Lipinski definition) is 2. The van der Waals surface area contributed by atoms with Gasteiger partial charge in [-0.25, -0.2) is 4.39 Å². The van der Waals surface area contributed by atoms with Crippen LogP contribution in [0.15, 0.2) is 24.3 Å². The molecule has 1 saturated carbocycles. The number of benzene rings is 1. The molecule has 19 heavy (non-hydrogen) atoms. The Morgan fingerprint density at radius 1 is 1.26 bits per heavy atom. The first-order valence-corrected chi connectivity index (χ1v) is 7.51. The highest BCUT2D eigenvalue weighted by atomic mass is 19.1. The van der Waals surface area contributed by atoms with Crippen molar-refractivity contribution in [2.24, 2.45) is 5.92 Å². The van der Waals surface area contributed by atoms with Gasteiger partial charge in [0.25, 0.3) is 0 Å². The minimum Gasteiger partial charge on any atom is -0.368 e. The smallest absolute Gasteiger partial charge is 0.146 e. The van der Waals surface area contributed by atoms with Crippen molar-refractivity contribution in [2.75, 3.05) is 31.1 Å². The van der Waals surface area contributed by atoms with Crippen LogP contribution in [-0.4, -0.2) is 26.2 Å². The molecule has 0 heterocycles. The van der Waals surface area contributed by atoms with Crippen molar-refractivity contribution in [1.82, 2.24) is 5.32 Å². The van der Waals surface area contributed by atoms with Gasteiger partial charge in [0.15, 0.2) is 0 Å². The van der Waals surface area contributed by atoms with Crippen LogP contribution in [0.3, 0.4) is 0 Å². The van der Waals surface area contributed by atoms with E-state index in [0.29, 0.717) is 5.69 Å². The van der Waals surface area contributed by atoms with E-state index in [1.807, 2.05) is 12.1 Å². The van der Waals surface area contributed by atoms with E-state index in [9.17, 15) is 4.39 Å². The van der Waals surface area contributed by atoms with Crippen molar-refractivity contribution in [2.45, 2.75) is 32.6 Å². The number of rotatable bonds is 7. The van der Waals surface area contributed by atoms with Gasteiger partial charge in [-0.05, 0) is 44.4 Å². The lowest BCUT2D eigenvalue weighted by Crippen LogP contribution is -2.34. The molecule has 1 aromatic rings. The number of halogens is 1. The van der Waals surface area contributed by atoms with Crippen molar-refractivity contribution in [3.05, 3.63) is 30.1 Å². The van der Waals surface area contributed by atoms with Crippen molar-refractivity contribution < 1.29 is 4.39 Å². The van der Waals surface area contributed by atoms with Crippen LogP contribution >= 0.6 is 0 Å². The Morgan fingerprint density at radius 2 is 2.00 bits per heavy atom. The molecule has 1 aliphatic carbocycles. The second-order valence-corrected chi connectivity index (χ2v) is 5.39. The molecule has 0 bridgehead atoms. The molecule has 2 nitrogen and oxygen atoms in total. The predicted molar refractivity (Wildman–Crippen MR) is 79.1 cm³/mol. The number of hydrogen-bond donors (Lipinski definition) is 1. The van der Waals surface area contributed by atoms with Crippen molar-refractivity contribution in [1.29, 1.82) is 0 Å². The largest absolute Gasteiger partial charge is 0.368 e. The highest BCUT2D eigenvalue weighted by Crippen LogP contribution is 2.23. The quantitative estimate of drug-likeness (QED) is 0.759. The van der Waals surface area contributed by atoms with Crippen LogP contribution in [0.4, 0.5) is 10.1 Å². The van der Waals surface area contributed by atoms with E-state index in [-0.39, 0.29) is 5.82 Å². The monoisotopic (exact) mass is 264 g/mol. The maximum absolute atomic E-state index is 13.7. The van der Waals surface area contributed by atoms with E-state index in [1.165, 1.54) is 31.7 Å². The topological polar surface area (TPSA) is 15.3 Å². The molecule has 1 fully saturated rings. The SMILES string of the molecule is CCN(CCNCC1CCCC1)c1ccccc1F. The third kappa shape index (κ3) is 4.20. The number of likely N-dealkylation sites (N-methyl/N-ethyl adjacent to an activating group) is 1. The molecule has 0 amide bonds. The van der Waals surface area contributed by atoms with Crippen LogP contribution in [-0.2, 0) is 0 Å². The normalized spacial score (nSPS) is 15.9. The molecule has 0 spiro atoms. The number of nitrogens with zero attached hydrogens (tertiary/aromatic N) is 1. The molecule has 106 valence electrons. The molecule has 3 heteroatoms. The van der Waals surface area contributed by atoms with E-state index >= 15 is 0 Å². The maximum atomic E-state index is 13.7. The first-order chi connectivity index (χ1) is 9.31. The average molecular weight is 264 g/mol. The fourth-order valence-corrected chi connectivity index (χ4v) is 2.89. The molecular formula is C16H25FN2. The van der Waals surface area contributed by atoms with Crippen LogP contribution in [0.2, 0.25) is 0 Å². The Kier molecular flexibility index (Phi) is 5.64. The van der Waals surface area contributed by atoms with Crippen LogP contribution in [0.25, 0.3) is 0 Å². The van der Waals surface area contributed by atoms with Gasteiger partial charge in [-0.15, -0.1) is 0 Å². The minimum absolute atomic E-state index is 0.125. The lowest BCUT2D eigenvalue weighted by atomic mass is 10.1. The zero-order valence-corrected chi connectivity index (χ0v) is 11.9. The summed E-state index contributed by atoms with van der Waals surface area (Å²) in [6.07, 6.45) is 5.53. The maximum Gasteiger partial charge on any atom is 0.146 e. The van der Waals surface area contributed by atoms with Gasteiger partial charge in [0.2, 0.25) is 0 Å². The van der Waals surface area contributed by atoms with E-state index < -0.39 is 0 Å². The molecule has 0 aliphatic heterocycles. The number of para-hydroxylation sites is 1. The highest BCUT2D eigenvalue weighted by Gasteiger charge is 2.14. The summed E-state index contributed by atoms with van der Waals surface area (Å²) in [5, 5.41) is 3.52. The zero-order chi connectivity index (χ0) is 13.5. The Hall–Kier alpha value is -1.09.